The van der Waals surface area contributed by atoms with Gasteiger partial charge in [-0.2, -0.15) is 9.97 Å². The van der Waals surface area contributed by atoms with Crippen molar-refractivity contribution in [3.63, 3.8) is 0 Å². The molecule has 248 valence electrons. The molecule has 2 aliphatic heterocycles. The molecular weight excluding hydrogens is 568 g/mol. The predicted molar refractivity (Wildman–Crippen MR) is 171 cm³/mol. The molecule has 4 rings (SSSR count). The highest BCUT2D eigenvalue weighted by atomic mass is 16.5. The second kappa shape index (κ2) is 17.8. The van der Waals surface area contributed by atoms with E-state index in [0.717, 1.165) is 57.0 Å². The van der Waals surface area contributed by atoms with Crippen LogP contribution < -0.4 is 19.6 Å². The fourth-order valence-electron chi connectivity index (χ4n) is 5.83. The molecule has 0 bridgehead atoms. The van der Waals surface area contributed by atoms with Crippen molar-refractivity contribution in [1.82, 2.24) is 19.9 Å². The van der Waals surface area contributed by atoms with Gasteiger partial charge in [0.1, 0.15) is 11.0 Å². The molecule has 2 aromatic rings. The summed E-state index contributed by atoms with van der Waals surface area (Å²) in [5, 5.41) is 10.1. The largest absolute Gasteiger partial charge is 0.396 e. The van der Waals surface area contributed by atoms with E-state index in [1.165, 1.54) is 0 Å². The van der Waals surface area contributed by atoms with Crippen LogP contribution in [0.25, 0.3) is 11.0 Å². The molecule has 1 N–H and O–H groups in total. The molecule has 0 aliphatic carbocycles. The van der Waals surface area contributed by atoms with Crippen LogP contribution in [0.1, 0.15) is 25.7 Å². The van der Waals surface area contributed by atoms with Gasteiger partial charge in [0.15, 0.2) is 11.6 Å². The lowest BCUT2D eigenvalue weighted by molar-refractivity contribution is 0.0818. The zero-order valence-corrected chi connectivity index (χ0v) is 27.2. The minimum atomic E-state index is 0.141. The van der Waals surface area contributed by atoms with Gasteiger partial charge in [-0.05, 0) is 31.6 Å². The first-order valence-corrected chi connectivity index (χ1v) is 15.8. The molecule has 1 unspecified atom stereocenters. The maximum absolute atomic E-state index is 10.1. The van der Waals surface area contributed by atoms with Crippen LogP contribution in [0.3, 0.4) is 0 Å². The highest BCUT2D eigenvalue weighted by Gasteiger charge is 2.30. The number of ether oxygens (including phenoxy) is 5. The third-order valence-electron chi connectivity index (χ3n) is 8.46. The molecule has 14 heteroatoms. The van der Waals surface area contributed by atoms with Crippen molar-refractivity contribution in [2.45, 2.75) is 31.8 Å². The summed E-state index contributed by atoms with van der Waals surface area (Å²) in [6, 6.07) is 0. The Kier molecular flexibility index (Phi) is 13.8. The third kappa shape index (κ3) is 8.76. The summed E-state index contributed by atoms with van der Waals surface area (Å²) in [7, 11) is 8.56. The number of hydrogen-bond acceptors (Lipinski definition) is 14. The second-order valence-corrected chi connectivity index (χ2v) is 11.4. The first-order valence-electron chi connectivity index (χ1n) is 15.8. The number of aromatic nitrogens is 4. The third-order valence-corrected chi connectivity index (χ3v) is 8.46. The van der Waals surface area contributed by atoms with E-state index < -0.39 is 0 Å². The first kappa shape index (κ1) is 34.3. The van der Waals surface area contributed by atoms with Gasteiger partial charge < -0.3 is 48.4 Å². The molecular formula is C30H52N8O6. The van der Waals surface area contributed by atoms with Gasteiger partial charge in [0, 0.05) is 94.5 Å². The Hall–Kier alpha value is -2.62. The SMILES string of the molecule is COCCN(CCOC)c1nc(N2CCCC(CO)C2)c2nc(N(CCOC)CCOC)nc(N3CCC(OC)CC3)c2n1. The Morgan fingerprint density at radius 2 is 1.14 bits per heavy atom. The summed E-state index contributed by atoms with van der Waals surface area (Å²) in [4.78, 5) is 29.5. The number of nitrogens with zero attached hydrogens (tertiary/aromatic N) is 8. The van der Waals surface area contributed by atoms with Crippen molar-refractivity contribution in [3.05, 3.63) is 0 Å². The number of piperidine rings is 2. The van der Waals surface area contributed by atoms with Gasteiger partial charge >= 0.3 is 0 Å². The van der Waals surface area contributed by atoms with Crippen LogP contribution in [0, 0.1) is 5.92 Å². The normalized spacial score (nSPS) is 17.9. The maximum Gasteiger partial charge on any atom is 0.228 e. The van der Waals surface area contributed by atoms with E-state index in [2.05, 4.69) is 19.6 Å². The van der Waals surface area contributed by atoms with Gasteiger partial charge in [-0.15, -0.1) is 0 Å². The summed E-state index contributed by atoms with van der Waals surface area (Å²) < 4.78 is 27.4. The van der Waals surface area contributed by atoms with Gasteiger partial charge in [0.05, 0.1) is 32.5 Å². The highest BCUT2D eigenvalue weighted by molar-refractivity contribution is 5.95. The van der Waals surface area contributed by atoms with Crippen LogP contribution in [0.15, 0.2) is 0 Å². The number of aliphatic hydroxyl groups is 1. The van der Waals surface area contributed by atoms with E-state index in [9.17, 15) is 5.11 Å². The zero-order chi connectivity index (χ0) is 31.3. The fraction of sp³-hybridized carbons (Fsp3) is 0.800. The lowest BCUT2D eigenvalue weighted by atomic mass is 9.99. The molecule has 0 radical (unpaired) electrons. The average molecular weight is 621 g/mol. The van der Waals surface area contributed by atoms with Gasteiger partial charge in [0.2, 0.25) is 11.9 Å². The Balaban J connectivity index is 1.92. The van der Waals surface area contributed by atoms with Gasteiger partial charge in [-0.3, -0.25) is 0 Å². The molecule has 0 spiro atoms. The van der Waals surface area contributed by atoms with Crippen molar-refractivity contribution in [3.8, 4) is 0 Å². The summed E-state index contributed by atoms with van der Waals surface area (Å²) in [6.07, 6.45) is 3.97. The lowest BCUT2D eigenvalue weighted by Crippen LogP contribution is -2.40. The lowest BCUT2D eigenvalue weighted by Gasteiger charge is -2.35. The molecule has 2 fully saturated rings. The average Bonchev–Trinajstić information content (AvgIpc) is 3.07. The molecule has 2 aromatic heterocycles. The number of anilines is 4. The predicted octanol–water partition coefficient (Wildman–Crippen LogP) is 1.44. The summed E-state index contributed by atoms with van der Waals surface area (Å²) >= 11 is 0. The molecule has 2 aliphatic rings. The van der Waals surface area contributed by atoms with E-state index >= 15 is 0 Å². The smallest absolute Gasteiger partial charge is 0.228 e. The van der Waals surface area contributed by atoms with Gasteiger partial charge in [-0.25, -0.2) is 9.97 Å². The van der Waals surface area contributed by atoms with E-state index in [4.69, 9.17) is 43.6 Å². The number of fused-ring (bicyclic) bond motifs is 1. The summed E-state index contributed by atoms with van der Waals surface area (Å²) in [6.45, 7) is 7.80. The van der Waals surface area contributed by atoms with E-state index in [0.29, 0.717) is 82.1 Å². The van der Waals surface area contributed by atoms with Crippen LogP contribution >= 0.6 is 0 Å². The molecule has 0 amide bonds. The minimum Gasteiger partial charge on any atom is -0.396 e. The van der Waals surface area contributed by atoms with Crippen LogP contribution in [0.2, 0.25) is 0 Å². The topological polar surface area (TPSA) is 131 Å². The van der Waals surface area contributed by atoms with E-state index in [1.54, 1.807) is 35.5 Å². The standard InChI is InChI=1S/C30H52N8O6/c1-40-17-13-36(14-18-41-2)29-32-26-25(27(33-29)35-11-8-24(44-5)9-12-35)31-30(37(15-19-42-3)16-20-43-4)34-28(26)38-10-6-7-23(21-38)22-39/h23-24,39H,6-22H2,1-5H3. The van der Waals surface area contributed by atoms with Crippen molar-refractivity contribution in [1.29, 1.82) is 0 Å². The molecule has 2 saturated heterocycles. The van der Waals surface area contributed by atoms with Crippen molar-refractivity contribution in [2.24, 2.45) is 5.92 Å². The molecule has 4 heterocycles. The molecule has 0 saturated carbocycles. The summed E-state index contributed by atoms with van der Waals surface area (Å²) in [5.41, 5.74) is 1.42. The van der Waals surface area contributed by atoms with Crippen molar-refractivity contribution in [2.75, 3.05) is 141 Å². The molecule has 14 nitrogen and oxygen atoms in total. The van der Waals surface area contributed by atoms with Crippen molar-refractivity contribution >= 4 is 34.6 Å². The molecule has 1 atom stereocenters. The number of methoxy groups -OCH3 is 5. The van der Waals surface area contributed by atoms with Crippen LogP contribution in [0.5, 0.6) is 0 Å². The van der Waals surface area contributed by atoms with Gasteiger partial charge in [-0.1, -0.05) is 0 Å². The number of aliphatic hydroxyl groups excluding tert-OH is 1. The Morgan fingerprint density at radius 3 is 1.57 bits per heavy atom. The first-order chi connectivity index (χ1) is 21.6. The molecule has 0 aromatic carbocycles. The van der Waals surface area contributed by atoms with Crippen LogP contribution in [0.4, 0.5) is 23.5 Å². The van der Waals surface area contributed by atoms with Crippen LogP contribution in [-0.2, 0) is 23.7 Å². The minimum absolute atomic E-state index is 0.141. The quantitative estimate of drug-likeness (QED) is 0.258. The highest BCUT2D eigenvalue weighted by Crippen LogP contribution is 2.35. The monoisotopic (exact) mass is 620 g/mol. The van der Waals surface area contributed by atoms with E-state index in [1.807, 2.05) is 0 Å². The van der Waals surface area contributed by atoms with Crippen molar-refractivity contribution < 1.29 is 28.8 Å². The number of hydrogen-bond donors (Lipinski definition) is 1. The van der Waals surface area contributed by atoms with E-state index in [-0.39, 0.29) is 18.6 Å². The van der Waals surface area contributed by atoms with Crippen LogP contribution in [-0.4, -0.2) is 152 Å². The summed E-state index contributed by atoms with van der Waals surface area (Å²) in [5.74, 6) is 2.91. The fourth-order valence-corrected chi connectivity index (χ4v) is 5.83. The Labute approximate surface area is 261 Å². The molecule has 44 heavy (non-hydrogen) atoms. The van der Waals surface area contributed by atoms with Gasteiger partial charge in [0.25, 0.3) is 0 Å². The second-order valence-electron chi connectivity index (χ2n) is 11.4. The zero-order valence-electron chi connectivity index (χ0n) is 27.2. The maximum atomic E-state index is 10.1. The Morgan fingerprint density at radius 1 is 0.659 bits per heavy atom. The number of rotatable bonds is 18. The Bertz CT molecular complexity index is 1120.